The van der Waals surface area contributed by atoms with Gasteiger partial charge in [-0.05, 0) is 50.3 Å². The van der Waals surface area contributed by atoms with Crippen LogP contribution in [0.2, 0.25) is 0 Å². The lowest BCUT2D eigenvalue weighted by Crippen LogP contribution is -2.49. The van der Waals surface area contributed by atoms with Gasteiger partial charge < -0.3 is 15.3 Å². The van der Waals surface area contributed by atoms with E-state index in [-0.39, 0.29) is 11.8 Å². The zero-order valence-electron chi connectivity index (χ0n) is 15.3. The highest BCUT2D eigenvalue weighted by molar-refractivity contribution is 5.69. The summed E-state index contributed by atoms with van der Waals surface area (Å²) in [6.07, 6.45) is 11.7. The molecule has 134 valence electrons. The number of allylic oxidation sites excluding steroid dienone is 3. The van der Waals surface area contributed by atoms with Gasteiger partial charge in [-0.3, -0.25) is 0 Å². The van der Waals surface area contributed by atoms with Crippen molar-refractivity contribution in [2.75, 3.05) is 0 Å². The summed E-state index contributed by atoms with van der Waals surface area (Å²) in [6, 6.07) is 3.99. The Morgan fingerprint density at radius 1 is 1.40 bits per heavy atom. The normalized spacial score (nSPS) is 27.5. The zero-order valence-corrected chi connectivity index (χ0v) is 15.3. The van der Waals surface area contributed by atoms with Crippen molar-refractivity contribution in [2.24, 2.45) is 5.92 Å². The molecule has 2 aliphatic rings. The van der Waals surface area contributed by atoms with E-state index in [9.17, 15) is 5.11 Å². The summed E-state index contributed by atoms with van der Waals surface area (Å²) in [4.78, 5) is 0. The number of aromatic hydroxyl groups is 1. The molecule has 25 heavy (non-hydrogen) atoms. The number of benzene rings is 1. The highest BCUT2D eigenvalue weighted by Gasteiger charge is 2.47. The monoisotopic (exact) mass is 339 g/mol. The summed E-state index contributed by atoms with van der Waals surface area (Å²) >= 11 is 0. The van der Waals surface area contributed by atoms with E-state index in [1.165, 1.54) is 24.6 Å². The summed E-state index contributed by atoms with van der Waals surface area (Å²) in [5.41, 5.74) is 2.62. The van der Waals surface area contributed by atoms with Gasteiger partial charge in [-0.1, -0.05) is 44.1 Å². The minimum Gasteiger partial charge on any atom is -0.508 e. The number of nitrogens with one attached hydrogen (secondary N) is 1. The van der Waals surface area contributed by atoms with Crippen molar-refractivity contribution in [3.63, 3.8) is 0 Å². The maximum absolute atomic E-state index is 10.8. The summed E-state index contributed by atoms with van der Waals surface area (Å²) in [7, 11) is 0. The second kappa shape index (κ2) is 7.07. The smallest absolute Gasteiger partial charge is 0.144 e. The molecule has 0 amide bonds. The quantitative estimate of drug-likeness (QED) is 0.529. The van der Waals surface area contributed by atoms with E-state index in [4.69, 9.17) is 10.1 Å². The van der Waals surface area contributed by atoms with Crippen molar-refractivity contribution in [1.29, 1.82) is 5.41 Å². The van der Waals surface area contributed by atoms with E-state index in [0.29, 0.717) is 5.75 Å². The van der Waals surface area contributed by atoms with Crippen LogP contribution in [0, 0.1) is 11.3 Å². The largest absolute Gasteiger partial charge is 0.508 e. The third-order valence-electron chi connectivity index (χ3n) is 5.81. The minimum absolute atomic E-state index is 0.165. The van der Waals surface area contributed by atoms with E-state index < -0.39 is 5.60 Å². The Morgan fingerprint density at radius 2 is 2.20 bits per heavy atom. The average Bonchev–Trinajstić information content (AvgIpc) is 2.61. The van der Waals surface area contributed by atoms with Gasteiger partial charge in [0, 0.05) is 23.6 Å². The predicted octanol–water partition coefficient (Wildman–Crippen LogP) is 5.53. The molecule has 3 atom stereocenters. The molecule has 1 heterocycles. The fourth-order valence-corrected chi connectivity index (χ4v) is 4.32. The van der Waals surface area contributed by atoms with E-state index >= 15 is 0 Å². The molecule has 1 aromatic rings. The van der Waals surface area contributed by atoms with Crippen LogP contribution in [0.3, 0.4) is 0 Å². The molecule has 2 unspecified atom stereocenters. The van der Waals surface area contributed by atoms with Gasteiger partial charge in [-0.2, -0.15) is 0 Å². The highest BCUT2D eigenvalue weighted by atomic mass is 16.5. The first-order valence-electron chi connectivity index (χ1n) is 9.40. The summed E-state index contributed by atoms with van der Waals surface area (Å²) < 4.78 is 6.28. The van der Waals surface area contributed by atoms with Gasteiger partial charge >= 0.3 is 0 Å². The van der Waals surface area contributed by atoms with Crippen LogP contribution in [0.15, 0.2) is 36.4 Å². The number of aryl methyl sites for hydroxylation is 1. The summed E-state index contributed by atoms with van der Waals surface area (Å²) in [6.45, 7) is 8.09. The van der Waals surface area contributed by atoms with Crippen LogP contribution in [0.4, 0.5) is 0 Å². The lowest BCUT2D eigenvalue weighted by molar-refractivity contribution is 0.0545. The molecule has 0 aromatic heterocycles. The number of fused-ring (bicyclic) bond motifs is 3. The number of unbranched alkanes of at least 4 members (excludes halogenated alkanes) is 2. The van der Waals surface area contributed by atoms with E-state index in [1.807, 2.05) is 19.1 Å². The number of rotatable bonds is 6. The van der Waals surface area contributed by atoms with Crippen LogP contribution in [0.5, 0.6) is 11.5 Å². The first kappa shape index (κ1) is 17.8. The molecule has 3 rings (SSSR count). The summed E-state index contributed by atoms with van der Waals surface area (Å²) in [5.74, 6) is 1.43. The van der Waals surface area contributed by atoms with Gasteiger partial charge in [-0.15, -0.1) is 0 Å². The Balaban J connectivity index is 2.01. The first-order chi connectivity index (χ1) is 12.0. The SMILES string of the molecule is C=CC1=CC[C@@H]2C(C1)c1c(O)cc(CCCCC)cc1OC2(C)C=N. The molecule has 3 heteroatoms. The molecule has 0 saturated carbocycles. The minimum atomic E-state index is -0.630. The molecule has 0 saturated heterocycles. The highest BCUT2D eigenvalue weighted by Crippen LogP contribution is 2.54. The maximum Gasteiger partial charge on any atom is 0.144 e. The molecule has 0 bridgehead atoms. The van der Waals surface area contributed by atoms with Gasteiger partial charge in [0.2, 0.25) is 0 Å². The second-order valence-electron chi connectivity index (χ2n) is 7.55. The van der Waals surface area contributed by atoms with E-state index in [0.717, 1.165) is 42.6 Å². The van der Waals surface area contributed by atoms with Crippen molar-refractivity contribution < 1.29 is 9.84 Å². The van der Waals surface area contributed by atoms with Crippen molar-refractivity contribution in [1.82, 2.24) is 0 Å². The Hall–Kier alpha value is -2.03. The summed E-state index contributed by atoms with van der Waals surface area (Å²) in [5, 5.41) is 18.7. The van der Waals surface area contributed by atoms with Crippen LogP contribution in [0.1, 0.15) is 63.0 Å². The van der Waals surface area contributed by atoms with Crippen molar-refractivity contribution in [2.45, 2.75) is 63.9 Å². The van der Waals surface area contributed by atoms with Gasteiger partial charge in [-0.25, -0.2) is 0 Å². The van der Waals surface area contributed by atoms with Gasteiger partial charge in [0.25, 0.3) is 0 Å². The molecule has 1 aromatic carbocycles. The van der Waals surface area contributed by atoms with Crippen LogP contribution in [-0.2, 0) is 6.42 Å². The molecule has 1 aliphatic heterocycles. The molecular formula is C22H29NO2. The van der Waals surface area contributed by atoms with E-state index in [1.54, 1.807) is 0 Å². The van der Waals surface area contributed by atoms with E-state index in [2.05, 4.69) is 25.6 Å². The standard InChI is InChI=1S/C22H29NO2/c1-4-6-7-8-16-12-19(24)21-17-11-15(5-2)9-10-18(17)22(3,14-23)25-20(21)13-16/h5,9,12-14,17-18,23-24H,2,4,6-8,10-11H2,1,3H3/t17?,18-,22?/m1/s1. The van der Waals surface area contributed by atoms with Crippen LogP contribution in [-0.4, -0.2) is 16.9 Å². The van der Waals surface area contributed by atoms with Crippen LogP contribution in [0.25, 0.3) is 0 Å². The molecule has 0 radical (unpaired) electrons. The third kappa shape index (κ3) is 3.24. The van der Waals surface area contributed by atoms with Crippen LogP contribution >= 0.6 is 0 Å². The topological polar surface area (TPSA) is 53.3 Å². The Morgan fingerprint density at radius 3 is 2.88 bits per heavy atom. The fraction of sp³-hybridized carbons (Fsp3) is 0.500. The van der Waals surface area contributed by atoms with Gasteiger partial charge in [0.1, 0.15) is 17.1 Å². The van der Waals surface area contributed by atoms with Crippen LogP contribution < -0.4 is 4.74 Å². The van der Waals surface area contributed by atoms with Crippen molar-refractivity contribution >= 4 is 6.21 Å². The average molecular weight is 339 g/mol. The Labute approximate surface area is 150 Å². The molecule has 1 aliphatic carbocycles. The van der Waals surface area contributed by atoms with Crippen molar-refractivity contribution in [3.8, 4) is 11.5 Å². The zero-order chi connectivity index (χ0) is 18.0. The molecular weight excluding hydrogens is 310 g/mol. The van der Waals surface area contributed by atoms with Gasteiger partial charge in [0.05, 0.1) is 0 Å². The lowest BCUT2D eigenvalue weighted by atomic mass is 9.66. The maximum atomic E-state index is 10.8. The van der Waals surface area contributed by atoms with Gasteiger partial charge in [0.15, 0.2) is 0 Å². The number of ether oxygens (including phenoxy) is 1. The molecule has 0 fully saturated rings. The fourth-order valence-electron chi connectivity index (χ4n) is 4.32. The number of phenols is 1. The Bertz CT molecular complexity index is 706. The predicted molar refractivity (Wildman–Crippen MR) is 103 cm³/mol. The number of phenolic OH excluding ortho intramolecular Hbond substituents is 1. The third-order valence-corrected chi connectivity index (χ3v) is 5.81. The molecule has 0 spiro atoms. The second-order valence-corrected chi connectivity index (χ2v) is 7.55. The first-order valence-corrected chi connectivity index (χ1v) is 9.40. The lowest BCUT2D eigenvalue weighted by Gasteiger charge is -2.46. The van der Waals surface area contributed by atoms with Crippen molar-refractivity contribution in [3.05, 3.63) is 47.6 Å². The number of hydrogen-bond acceptors (Lipinski definition) is 3. The molecule has 2 N–H and O–H groups in total. The molecule has 3 nitrogen and oxygen atoms in total. The number of hydrogen-bond donors (Lipinski definition) is 2. The Kier molecular flexibility index (Phi) is 5.03.